The fourth-order valence-electron chi connectivity index (χ4n) is 4.68. The Balaban J connectivity index is 1.74. The van der Waals surface area contributed by atoms with Crippen LogP contribution in [-0.4, -0.2) is 41.9 Å². The van der Waals surface area contributed by atoms with Crippen molar-refractivity contribution in [2.24, 2.45) is 5.92 Å². The van der Waals surface area contributed by atoms with Gasteiger partial charge in [0, 0.05) is 36.5 Å². The quantitative estimate of drug-likeness (QED) is 0.472. The highest BCUT2D eigenvalue weighted by atomic mass is 35.5. The van der Waals surface area contributed by atoms with Crippen LogP contribution < -0.4 is 15.4 Å². The van der Waals surface area contributed by atoms with E-state index in [4.69, 9.17) is 33.3 Å². The molecular weight excluding hydrogens is 446 g/mol. The number of halogens is 1. The van der Waals surface area contributed by atoms with Crippen molar-refractivity contribution in [1.29, 1.82) is 0 Å². The summed E-state index contributed by atoms with van der Waals surface area (Å²) >= 11 is 12.0. The molecule has 2 aliphatic heterocycles. The van der Waals surface area contributed by atoms with Crippen LogP contribution in [-0.2, 0) is 9.53 Å². The monoisotopic (exact) mass is 473 g/mol. The topological polar surface area (TPSA) is 62.8 Å². The van der Waals surface area contributed by atoms with Crippen LogP contribution in [0.15, 0.2) is 36.4 Å². The van der Waals surface area contributed by atoms with Gasteiger partial charge in [0.2, 0.25) is 5.91 Å². The number of rotatable bonds is 6. The first kappa shape index (κ1) is 22.8. The maximum atomic E-state index is 13.7. The van der Waals surface area contributed by atoms with Gasteiger partial charge < -0.3 is 25.0 Å². The third kappa shape index (κ3) is 4.05. The number of methoxy groups -OCH3 is 1. The van der Waals surface area contributed by atoms with Crippen molar-refractivity contribution < 1.29 is 14.3 Å². The highest BCUT2D eigenvalue weighted by molar-refractivity contribution is 7.80. The van der Waals surface area contributed by atoms with E-state index < -0.39 is 11.6 Å². The Bertz CT molecular complexity index is 1060. The van der Waals surface area contributed by atoms with E-state index in [1.165, 1.54) is 0 Å². The normalized spacial score (nSPS) is 23.8. The average Bonchev–Trinajstić information content (AvgIpc) is 2.73. The maximum Gasteiger partial charge on any atom is 0.236 e. The van der Waals surface area contributed by atoms with Crippen LogP contribution in [0.25, 0.3) is 0 Å². The van der Waals surface area contributed by atoms with Crippen molar-refractivity contribution >= 4 is 40.5 Å². The Morgan fingerprint density at radius 2 is 2.09 bits per heavy atom. The number of thiocarbonyl (C=S) groups is 1. The molecule has 0 aliphatic carbocycles. The number of anilines is 1. The molecule has 1 saturated heterocycles. The van der Waals surface area contributed by atoms with Gasteiger partial charge in [0.05, 0.1) is 6.04 Å². The van der Waals surface area contributed by atoms with Crippen LogP contribution in [0, 0.1) is 19.8 Å². The Hall–Kier alpha value is -2.35. The van der Waals surface area contributed by atoms with Crippen molar-refractivity contribution in [3.8, 4) is 5.75 Å². The zero-order chi connectivity index (χ0) is 23.0. The number of amides is 1. The number of aryl methyl sites for hydroxylation is 2. The molecule has 3 atom stereocenters. The van der Waals surface area contributed by atoms with Gasteiger partial charge in [-0.1, -0.05) is 29.3 Å². The lowest BCUT2D eigenvalue weighted by Crippen LogP contribution is -2.71. The summed E-state index contributed by atoms with van der Waals surface area (Å²) in [6.07, 6.45) is 0.751. The Morgan fingerprint density at radius 1 is 1.31 bits per heavy atom. The van der Waals surface area contributed by atoms with Gasteiger partial charge in [0.15, 0.2) is 10.8 Å². The minimum Gasteiger partial charge on any atom is -0.467 e. The molecule has 2 heterocycles. The second-order valence-corrected chi connectivity index (χ2v) is 9.37. The van der Waals surface area contributed by atoms with Crippen LogP contribution in [0.2, 0.25) is 5.02 Å². The van der Waals surface area contributed by atoms with Gasteiger partial charge in [-0.25, -0.2) is 0 Å². The number of hydrogen-bond acceptors (Lipinski definition) is 4. The Morgan fingerprint density at radius 3 is 2.81 bits per heavy atom. The molecule has 170 valence electrons. The zero-order valence-electron chi connectivity index (χ0n) is 18.7. The van der Waals surface area contributed by atoms with Gasteiger partial charge in [-0.2, -0.15) is 0 Å². The molecule has 1 fully saturated rings. The minimum atomic E-state index is -0.968. The summed E-state index contributed by atoms with van der Waals surface area (Å²) in [7, 11) is 1.67. The highest BCUT2D eigenvalue weighted by Gasteiger charge is 2.58. The van der Waals surface area contributed by atoms with Gasteiger partial charge in [-0.3, -0.25) is 4.79 Å². The number of carbonyl (C=O) groups excluding carboxylic acids is 1. The summed E-state index contributed by atoms with van der Waals surface area (Å²) < 4.78 is 11.7. The van der Waals surface area contributed by atoms with Crippen LogP contribution in [0.4, 0.5) is 5.69 Å². The fourth-order valence-corrected chi connectivity index (χ4v) is 5.26. The number of fused-ring (bicyclic) bond motifs is 4. The van der Waals surface area contributed by atoms with Gasteiger partial charge in [-0.15, -0.1) is 0 Å². The van der Waals surface area contributed by atoms with Gasteiger partial charge in [0.25, 0.3) is 0 Å². The van der Waals surface area contributed by atoms with Gasteiger partial charge in [-0.05, 0) is 69.2 Å². The Labute approximate surface area is 199 Å². The number of hydrogen-bond donors (Lipinski definition) is 2. The predicted octanol–water partition coefficient (Wildman–Crippen LogP) is 4.59. The third-order valence-corrected chi connectivity index (χ3v) is 6.82. The lowest BCUT2D eigenvalue weighted by Gasteiger charge is -2.56. The van der Waals surface area contributed by atoms with E-state index in [1.807, 2.05) is 49.9 Å². The number of benzene rings is 2. The lowest BCUT2D eigenvalue weighted by atomic mass is 9.78. The van der Waals surface area contributed by atoms with E-state index in [1.54, 1.807) is 13.2 Å². The summed E-state index contributed by atoms with van der Waals surface area (Å²) in [6, 6.07) is 11.1. The van der Waals surface area contributed by atoms with Crippen molar-refractivity contribution in [3.05, 3.63) is 58.1 Å². The number of ether oxygens (including phenoxy) is 2. The molecule has 2 aromatic rings. The second-order valence-electron chi connectivity index (χ2n) is 8.55. The summed E-state index contributed by atoms with van der Waals surface area (Å²) in [4.78, 5) is 15.7. The van der Waals surface area contributed by atoms with E-state index >= 15 is 0 Å². The van der Waals surface area contributed by atoms with E-state index in [9.17, 15) is 4.79 Å². The van der Waals surface area contributed by atoms with E-state index in [0.717, 1.165) is 28.8 Å². The molecule has 0 aromatic heterocycles. The van der Waals surface area contributed by atoms with Gasteiger partial charge >= 0.3 is 0 Å². The predicted molar refractivity (Wildman–Crippen MR) is 130 cm³/mol. The molecule has 6 nitrogen and oxygen atoms in total. The molecule has 2 aromatic carbocycles. The standard InChI is InChI=1S/C24H28ClN3O3S/c1-14-6-8-18(15(2)12-14)26-22(29)20-21-17-13-16(25)7-9-19(17)31-24(20,3)28(23(32)27-21)10-5-11-30-4/h6-9,12-13,20-21H,5,10-11H2,1-4H3,(H,26,29)(H,27,32)/t20-,21-,24-/m0/s1. The molecule has 0 spiro atoms. The molecule has 0 radical (unpaired) electrons. The first-order valence-corrected chi connectivity index (χ1v) is 11.5. The average molecular weight is 474 g/mol. The van der Waals surface area contributed by atoms with Crippen LogP contribution in [0.1, 0.15) is 36.1 Å². The molecule has 2 aliphatic rings. The first-order chi connectivity index (χ1) is 15.2. The number of nitrogens with zero attached hydrogens (tertiary/aromatic N) is 1. The molecular formula is C24H28ClN3O3S. The van der Waals surface area contributed by atoms with E-state index in [2.05, 4.69) is 16.7 Å². The van der Waals surface area contributed by atoms with Crippen LogP contribution in [0.3, 0.4) is 0 Å². The summed E-state index contributed by atoms with van der Waals surface area (Å²) in [5, 5.41) is 7.65. The molecule has 4 rings (SSSR count). The molecule has 2 N–H and O–H groups in total. The SMILES string of the molecule is COCCCN1C(=S)N[C@H]2c3cc(Cl)ccc3O[C@@]1(C)[C@@H]2C(=O)Nc1ccc(C)cc1C. The van der Waals surface area contributed by atoms with Crippen molar-refractivity contribution in [1.82, 2.24) is 10.2 Å². The molecule has 0 saturated carbocycles. The van der Waals surface area contributed by atoms with Crippen molar-refractivity contribution in [3.63, 3.8) is 0 Å². The van der Waals surface area contributed by atoms with Crippen LogP contribution in [0.5, 0.6) is 5.75 Å². The first-order valence-electron chi connectivity index (χ1n) is 10.7. The number of carbonyl (C=O) groups is 1. The van der Waals surface area contributed by atoms with Crippen molar-refractivity contribution in [2.75, 3.05) is 25.6 Å². The molecule has 32 heavy (non-hydrogen) atoms. The highest BCUT2D eigenvalue weighted by Crippen LogP contribution is 2.49. The smallest absolute Gasteiger partial charge is 0.236 e. The number of nitrogens with one attached hydrogen (secondary N) is 2. The largest absolute Gasteiger partial charge is 0.467 e. The lowest BCUT2D eigenvalue weighted by molar-refractivity contribution is -0.149. The van der Waals surface area contributed by atoms with Crippen LogP contribution >= 0.6 is 23.8 Å². The molecule has 8 heteroatoms. The van der Waals surface area contributed by atoms with E-state index in [0.29, 0.717) is 29.0 Å². The minimum absolute atomic E-state index is 0.137. The summed E-state index contributed by atoms with van der Waals surface area (Å²) in [5.41, 5.74) is 2.80. The third-order valence-electron chi connectivity index (χ3n) is 6.25. The van der Waals surface area contributed by atoms with Gasteiger partial charge in [0.1, 0.15) is 11.7 Å². The zero-order valence-corrected chi connectivity index (χ0v) is 20.3. The summed E-state index contributed by atoms with van der Waals surface area (Å²) in [5.74, 6) is -0.00515. The fraction of sp³-hybridized carbons (Fsp3) is 0.417. The Kier molecular flexibility index (Phi) is 6.34. The van der Waals surface area contributed by atoms with E-state index in [-0.39, 0.29) is 11.9 Å². The molecule has 2 bridgehead atoms. The second kappa shape index (κ2) is 8.89. The summed E-state index contributed by atoms with van der Waals surface area (Å²) in [6.45, 7) is 7.14. The molecule has 1 amide bonds. The maximum absolute atomic E-state index is 13.7. The molecule has 0 unspecified atom stereocenters. The van der Waals surface area contributed by atoms with Crippen molar-refractivity contribution in [2.45, 2.75) is 39.0 Å².